The summed E-state index contributed by atoms with van der Waals surface area (Å²) in [6, 6.07) is 3.31. The van der Waals surface area contributed by atoms with Crippen LogP contribution in [0.2, 0.25) is 0 Å². The summed E-state index contributed by atoms with van der Waals surface area (Å²) in [5.74, 6) is 0. The van der Waals surface area contributed by atoms with Crippen LogP contribution in [-0.4, -0.2) is 10.2 Å². The van der Waals surface area contributed by atoms with Gasteiger partial charge in [-0.2, -0.15) is 0 Å². The Hall–Kier alpha value is -0.740. The molecular weight excluding hydrogens is 168 g/mol. The van der Waals surface area contributed by atoms with Gasteiger partial charge in [0.1, 0.15) is 0 Å². The van der Waals surface area contributed by atoms with Crippen LogP contribution in [0.1, 0.15) is 0 Å². The maximum atomic E-state index is 8.98. The molecular formula is C6H4O2S2. The van der Waals surface area contributed by atoms with Crippen LogP contribution in [0, 0.1) is 0 Å². The van der Waals surface area contributed by atoms with E-state index in [-0.39, 0.29) is 0 Å². The lowest BCUT2D eigenvalue weighted by atomic mass is 10.5. The van der Waals surface area contributed by atoms with Crippen molar-refractivity contribution in [2.45, 2.75) is 0 Å². The fourth-order valence-electron chi connectivity index (χ4n) is 0.810. The molecule has 0 amide bonds. The van der Waals surface area contributed by atoms with Crippen LogP contribution in [0.5, 0.6) is 10.1 Å². The highest BCUT2D eigenvalue weighted by Gasteiger charge is 2.03. The molecule has 2 aromatic heterocycles. The summed E-state index contributed by atoms with van der Waals surface area (Å²) in [6.07, 6.45) is 0. The molecule has 0 unspecified atom stereocenters. The first-order chi connectivity index (χ1) is 4.75. The van der Waals surface area contributed by atoms with Gasteiger partial charge in [-0.25, -0.2) is 0 Å². The van der Waals surface area contributed by atoms with Crippen molar-refractivity contribution in [3.05, 3.63) is 12.1 Å². The standard InChI is InChI=1S/C6H4O2S2/c7-5-1-3-4(10-5)2-6(8)9-3/h1-2,7-8H. The molecule has 52 valence electrons. The zero-order valence-corrected chi connectivity index (χ0v) is 6.50. The number of aromatic hydroxyl groups is 2. The van der Waals surface area contributed by atoms with Crippen LogP contribution in [0.4, 0.5) is 0 Å². The Kier molecular flexibility index (Phi) is 1.12. The van der Waals surface area contributed by atoms with Gasteiger partial charge in [0.05, 0.1) is 9.40 Å². The van der Waals surface area contributed by atoms with Crippen molar-refractivity contribution in [1.82, 2.24) is 0 Å². The Bertz CT molecular complexity index is 298. The molecule has 2 aromatic rings. The molecule has 4 heteroatoms. The van der Waals surface area contributed by atoms with Gasteiger partial charge in [0.25, 0.3) is 0 Å². The molecule has 0 saturated carbocycles. The monoisotopic (exact) mass is 172 g/mol. The highest BCUT2D eigenvalue weighted by atomic mass is 32.1. The van der Waals surface area contributed by atoms with Crippen molar-refractivity contribution < 1.29 is 10.2 Å². The second kappa shape index (κ2) is 1.87. The summed E-state index contributed by atoms with van der Waals surface area (Å²) in [6.45, 7) is 0. The van der Waals surface area contributed by atoms with Gasteiger partial charge < -0.3 is 10.2 Å². The predicted molar refractivity (Wildman–Crippen MR) is 43.0 cm³/mol. The van der Waals surface area contributed by atoms with Crippen molar-refractivity contribution in [1.29, 1.82) is 0 Å². The van der Waals surface area contributed by atoms with Crippen molar-refractivity contribution in [3.8, 4) is 10.1 Å². The second-order valence-corrected chi connectivity index (χ2v) is 4.02. The van der Waals surface area contributed by atoms with Gasteiger partial charge in [-0.05, 0) is 0 Å². The summed E-state index contributed by atoms with van der Waals surface area (Å²) in [5, 5.41) is 18.6. The van der Waals surface area contributed by atoms with E-state index in [2.05, 4.69) is 0 Å². The number of hydrogen-bond acceptors (Lipinski definition) is 4. The minimum absolute atomic E-state index is 0.307. The molecule has 0 saturated heterocycles. The van der Waals surface area contributed by atoms with Crippen LogP contribution >= 0.6 is 22.7 Å². The topological polar surface area (TPSA) is 40.5 Å². The van der Waals surface area contributed by atoms with E-state index in [1.54, 1.807) is 12.1 Å². The molecule has 0 fully saturated rings. The Morgan fingerprint density at radius 1 is 0.900 bits per heavy atom. The van der Waals surface area contributed by atoms with E-state index >= 15 is 0 Å². The smallest absolute Gasteiger partial charge is 0.173 e. The van der Waals surface area contributed by atoms with Crippen molar-refractivity contribution in [3.63, 3.8) is 0 Å². The Morgan fingerprint density at radius 2 is 1.30 bits per heavy atom. The average molecular weight is 172 g/mol. The van der Waals surface area contributed by atoms with Crippen molar-refractivity contribution in [2.24, 2.45) is 0 Å². The quantitative estimate of drug-likeness (QED) is 0.640. The lowest BCUT2D eigenvalue weighted by molar-refractivity contribution is 0.491. The summed E-state index contributed by atoms with van der Waals surface area (Å²) < 4.78 is 1.89. The van der Waals surface area contributed by atoms with Crippen LogP contribution in [-0.2, 0) is 0 Å². The van der Waals surface area contributed by atoms with Crippen LogP contribution in [0.15, 0.2) is 12.1 Å². The minimum atomic E-state index is 0.307. The number of fused-ring (bicyclic) bond motifs is 1. The van der Waals surface area contributed by atoms with E-state index in [0.717, 1.165) is 9.40 Å². The summed E-state index contributed by atoms with van der Waals surface area (Å²) >= 11 is 2.56. The highest BCUT2D eigenvalue weighted by molar-refractivity contribution is 7.29. The third kappa shape index (κ3) is 0.767. The van der Waals surface area contributed by atoms with Crippen molar-refractivity contribution >= 4 is 32.1 Å². The molecule has 0 radical (unpaired) electrons. The van der Waals surface area contributed by atoms with Gasteiger partial charge in [-0.15, -0.1) is 0 Å². The Balaban J connectivity index is 2.83. The van der Waals surface area contributed by atoms with Gasteiger partial charge in [0.15, 0.2) is 10.1 Å². The summed E-state index contributed by atoms with van der Waals surface area (Å²) in [4.78, 5) is 0. The molecule has 0 aliphatic heterocycles. The van der Waals surface area contributed by atoms with Crippen molar-refractivity contribution in [2.75, 3.05) is 0 Å². The van der Waals surface area contributed by atoms with Gasteiger partial charge in [-0.1, -0.05) is 22.7 Å². The predicted octanol–water partition coefficient (Wildman–Crippen LogP) is 2.37. The molecule has 0 atom stereocenters. The van der Waals surface area contributed by atoms with E-state index in [1.807, 2.05) is 0 Å². The lowest BCUT2D eigenvalue weighted by Gasteiger charge is -1.75. The van der Waals surface area contributed by atoms with Crippen LogP contribution < -0.4 is 0 Å². The van der Waals surface area contributed by atoms with E-state index in [0.29, 0.717) is 10.1 Å². The molecule has 2 rings (SSSR count). The zero-order chi connectivity index (χ0) is 7.14. The lowest BCUT2D eigenvalue weighted by Crippen LogP contribution is -1.41. The fraction of sp³-hybridized carbons (Fsp3) is 0. The van der Waals surface area contributed by atoms with Gasteiger partial charge in [0.2, 0.25) is 0 Å². The Morgan fingerprint density at radius 3 is 1.70 bits per heavy atom. The maximum Gasteiger partial charge on any atom is 0.173 e. The van der Waals surface area contributed by atoms with E-state index in [4.69, 9.17) is 10.2 Å². The molecule has 2 N–H and O–H groups in total. The molecule has 0 bridgehead atoms. The number of thiophene rings is 2. The number of rotatable bonds is 0. The first kappa shape index (κ1) is 6.00. The average Bonchev–Trinajstić information content (AvgIpc) is 2.21. The summed E-state index contributed by atoms with van der Waals surface area (Å²) in [7, 11) is 0. The minimum Gasteiger partial charge on any atom is -0.499 e. The molecule has 0 aliphatic carbocycles. The maximum absolute atomic E-state index is 8.98. The number of hydrogen-bond donors (Lipinski definition) is 2. The zero-order valence-electron chi connectivity index (χ0n) is 4.87. The highest BCUT2D eigenvalue weighted by Crippen LogP contribution is 2.39. The molecule has 10 heavy (non-hydrogen) atoms. The summed E-state index contributed by atoms with van der Waals surface area (Å²) in [5.41, 5.74) is 0. The molecule has 0 aromatic carbocycles. The fourth-order valence-corrected chi connectivity index (χ4v) is 2.67. The largest absolute Gasteiger partial charge is 0.499 e. The van der Waals surface area contributed by atoms with E-state index in [9.17, 15) is 0 Å². The third-order valence-electron chi connectivity index (χ3n) is 1.18. The van der Waals surface area contributed by atoms with Gasteiger partial charge in [-0.3, -0.25) is 0 Å². The molecule has 0 aliphatic rings. The first-order valence-corrected chi connectivity index (χ1v) is 4.30. The molecule has 2 nitrogen and oxygen atoms in total. The first-order valence-electron chi connectivity index (χ1n) is 2.67. The molecule has 2 heterocycles. The third-order valence-corrected chi connectivity index (χ3v) is 3.08. The Labute approximate surface area is 65.0 Å². The van der Waals surface area contributed by atoms with E-state index in [1.165, 1.54) is 22.7 Å². The molecule has 0 spiro atoms. The van der Waals surface area contributed by atoms with Crippen LogP contribution in [0.25, 0.3) is 9.40 Å². The van der Waals surface area contributed by atoms with Gasteiger partial charge in [0, 0.05) is 12.1 Å². The SMILES string of the molecule is Oc1cc2sc(O)cc2s1. The van der Waals surface area contributed by atoms with Crippen LogP contribution in [0.3, 0.4) is 0 Å². The normalized spacial score (nSPS) is 10.8. The van der Waals surface area contributed by atoms with Gasteiger partial charge >= 0.3 is 0 Å². The second-order valence-electron chi connectivity index (χ2n) is 1.90. The van der Waals surface area contributed by atoms with E-state index < -0.39 is 0 Å².